The van der Waals surface area contributed by atoms with Crippen molar-refractivity contribution in [3.05, 3.63) is 28.4 Å². The lowest BCUT2D eigenvalue weighted by molar-refractivity contribution is -0.385. The number of carbonyl (C=O) groups excluding carboxylic acids is 3. The van der Waals surface area contributed by atoms with Crippen molar-refractivity contribution in [2.24, 2.45) is 0 Å². The molecule has 0 aliphatic heterocycles. The molecule has 29 heavy (non-hydrogen) atoms. The highest BCUT2D eigenvalue weighted by atomic mass is 32.2. The van der Waals surface area contributed by atoms with Crippen molar-refractivity contribution >= 4 is 39.2 Å². The van der Waals surface area contributed by atoms with Crippen molar-refractivity contribution in [1.82, 2.24) is 15.1 Å². The molecule has 1 heterocycles. The Morgan fingerprint density at radius 2 is 1.90 bits per heavy atom. The van der Waals surface area contributed by atoms with Gasteiger partial charge in [0.2, 0.25) is 21.7 Å². The molecule has 3 N–H and O–H groups in total. The van der Waals surface area contributed by atoms with E-state index in [9.17, 15) is 32.9 Å². The second kappa shape index (κ2) is 11.7. The van der Waals surface area contributed by atoms with Gasteiger partial charge in [-0.15, -0.1) is 4.83 Å². The number of hydrazine groups is 1. The zero-order chi connectivity index (χ0) is 21.9. The van der Waals surface area contributed by atoms with Crippen molar-refractivity contribution in [3.63, 3.8) is 0 Å². The Bertz CT molecular complexity index is 841. The van der Waals surface area contributed by atoms with Crippen LogP contribution in [0, 0.1) is 10.1 Å². The van der Waals surface area contributed by atoms with Crippen molar-refractivity contribution < 1.29 is 32.5 Å². The zero-order valence-corrected chi connectivity index (χ0v) is 16.4. The number of ketones is 1. The number of aromatic nitrogens is 1. The highest BCUT2D eigenvalue weighted by Crippen LogP contribution is 2.11. The van der Waals surface area contributed by atoms with Crippen LogP contribution in [0.4, 0.5) is 11.5 Å². The summed E-state index contributed by atoms with van der Waals surface area (Å²) in [5.41, 5.74) is 2.06. The predicted octanol–water partition coefficient (Wildman–Crippen LogP) is -0.345. The number of nitrogens with zero attached hydrogens (tertiary/aromatic N) is 2. The molecule has 0 fully saturated rings. The van der Waals surface area contributed by atoms with E-state index < -0.39 is 38.4 Å². The summed E-state index contributed by atoms with van der Waals surface area (Å²) < 4.78 is 28.0. The number of carbonyl (C=O) groups is 3. The maximum Gasteiger partial charge on any atom is 0.374 e. The molecule has 14 heteroatoms. The number of pyridine rings is 1. The van der Waals surface area contributed by atoms with E-state index in [0.717, 1.165) is 19.4 Å². The first-order valence-corrected chi connectivity index (χ1v) is 10.0. The third kappa shape index (κ3) is 9.57. The second-order valence-electron chi connectivity index (χ2n) is 5.68. The van der Waals surface area contributed by atoms with Gasteiger partial charge in [-0.1, -0.05) is 0 Å². The lowest BCUT2D eigenvalue weighted by atomic mass is 10.1. The number of hydrogen-bond acceptors (Lipinski definition) is 10. The van der Waals surface area contributed by atoms with Gasteiger partial charge in [-0.2, -0.15) is 0 Å². The second-order valence-corrected chi connectivity index (χ2v) is 7.52. The van der Waals surface area contributed by atoms with Crippen LogP contribution in [0.3, 0.4) is 0 Å². The van der Waals surface area contributed by atoms with E-state index in [1.54, 1.807) is 0 Å². The third-order valence-electron chi connectivity index (χ3n) is 3.46. The van der Waals surface area contributed by atoms with Crippen molar-refractivity contribution in [1.29, 1.82) is 0 Å². The molecule has 0 radical (unpaired) electrons. The van der Waals surface area contributed by atoms with Crippen LogP contribution >= 0.6 is 0 Å². The van der Waals surface area contributed by atoms with Gasteiger partial charge in [-0.3, -0.25) is 25.1 Å². The summed E-state index contributed by atoms with van der Waals surface area (Å²) in [5, 5.41) is 12.9. The number of methoxy groups -OCH3 is 1. The zero-order valence-electron chi connectivity index (χ0n) is 15.5. The van der Waals surface area contributed by atoms with Gasteiger partial charge in [0.05, 0.1) is 17.8 Å². The lowest BCUT2D eigenvalue weighted by Crippen LogP contribution is -2.37. The summed E-state index contributed by atoms with van der Waals surface area (Å²) in [4.78, 5) is 49.4. The Kier molecular flexibility index (Phi) is 9.61. The van der Waals surface area contributed by atoms with Crippen molar-refractivity contribution in [2.45, 2.75) is 25.7 Å². The summed E-state index contributed by atoms with van der Waals surface area (Å²) in [6.07, 6.45) is 1.70. The van der Waals surface area contributed by atoms with Gasteiger partial charge >= 0.3 is 5.97 Å². The number of nitrogens with one attached hydrogen (secondary N) is 3. The van der Waals surface area contributed by atoms with Crippen LogP contribution in [-0.4, -0.2) is 55.4 Å². The van der Waals surface area contributed by atoms with Gasteiger partial charge in [0.1, 0.15) is 12.0 Å². The Morgan fingerprint density at radius 1 is 1.21 bits per heavy atom. The number of anilines is 1. The summed E-state index contributed by atoms with van der Waals surface area (Å²) in [5.74, 6) is -2.34. The van der Waals surface area contributed by atoms with Gasteiger partial charge in [-0.25, -0.2) is 18.2 Å². The number of nitro groups is 1. The fourth-order valence-electron chi connectivity index (χ4n) is 1.95. The molecular weight excluding hydrogens is 410 g/mol. The summed E-state index contributed by atoms with van der Waals surface area (Å²) in [6, 6.07) is 2.38. The first-order valence-electron chi connectivity index (χ1n) is 8.38. The number of unbranched alkanes of at least 4 members (excludes halogenated alkanes) is 1. The van der Waals surface area contributed by atoms with E-state index in [-0.39, 0.29) is 30.9 Å². The molecule has 160 valence electrons. The minimum atomic E-state index is -3.80. The molecule has 1 aromatic heterocycles. The first-order chi connectivity index (χ1) is 13.6. The molecule has 0 bridgehead atoms. The quantitative estimate of drug-likeness (QED) is 0.122. The van der Waals surface area contributed by atoms with Crippen LogP contribution in [0.25, 0.3) is 0 Å². The normalized spacial score (nSPS) is 10.8. The highest BCUT2D eigenvalue weighted by molar-refractivity contribution is 7.89. The van der Waals surface area contributed by atoms with E-state index in [0.29, 0.717) is 12.8 Å². The number of esters is 1. The standard InChI is InChI=1S/C15H21N5O8S/c1-28-15(23)12(21)4-2-3-5-14(22)16-8-9-29(26,27)19-18-13-7-6-11(10-17-13)20(24)25/h6-7,10,19H,2-5,8-9H2,1H3,(H,16,22)(H,17,18). The molecule has 1 aromatic rings. The van der Waals surface area contributed by atoms with Crippen LogP contribution in [0.15, 0.2) is 18.3 Å². The monoisotopic (exact) mass is 431 g/mol. The van der Waals surface area contributed by atoms with E-state index in [2.05, 4.69) is 20.5 Å². The Labute approximate surface area is 166 Å². The summed E-state index contributed by atoms with van der Waals surface area (Å²) in [7, 11) is -2.69. The molecule has 0 atom stereocenters. The van der Waals surface area contributed by atoms with Crippen molar-refractivity contribution in [2.75, 3.05) is 24.8 Å². The molecule has 0 unspecified atom stereocenters. The Hall–Kier alpha value is -3.13. The summed E-state index contributed by atoms with van der Waals surface area (Å²) in [6.45, 7) is -0.148. The molecule has 0 aliphatic rings. The van der Waals surface area contributed by atoms with Crippen LogP contribution in [0.1, 0.15) is 25.7 Å². The van der Waals surface area contributed by atoms with Crippen LogP contribution in [0.2, 0.25) is 0 Å². The molecule has 1 rings (SSSR count). The largest absolute Gasteiger partial charge is 0.463 e. The van der Waals surface area contributed by atoms with Crippen LogP contribution in [-0.2, 0) is 29.1 Å². The van der Waals surface area contributed by atoms with Crippen LogP contribution < -0.4 is 15.6 Å². The average molecular weight is 431 g/mol. The fourth-order valence-corrected chi connectivity index (χ4v) is 2.68. The maximum atomic E-state index is 11.8. The molecule has 0 aliphatic carbocycles. The smallest absolute Gasteiger partial charge is 0.374 e. The highest BCUT2D eigenvalue weighted by Gasteiger charge is 2.14. The van der Waals surface area contributed by atoms with Gasteiger partial charge in [0.25, 0.3) is 5.69 Å². The van der Waals surface area contributed by atoms with Gasteiger partial charge in [0.15, 0.2) is 0 Å². The fraction of sp³-hybridized carbons (Fsp3) is 0.467. The number of rotatable bonds is 13. The molecule has 0 spiro atoms. The predicted molar refractivity (Wildman–Crippen MR) is 99.9 cm³/mol. The lowest BCUT2D eigenvalue weighted by Gasteiger charge is -2.09. The minimum Gasteiger partial charge on any atom is -0.463 e. The topological polar surface area (TPSA) is 187 Å². The Balaban J connectivity index is 2.24. The van der Waals surface area contributed by atoms with E-state index in [1.165, 1.54) is 6.07 Å². The number of sulfonamides is 1. The van der Waals surface area contributed by atoms with E-state index >= 15 is 0 Å². The van der Waals surface area contributed by atoms with Crippen LogP contribution in [0.5, 0.6) is 0 Å². The molecular formula is C15H21N5O8S. The number of amides is 1. The minimum absolute atomic E-state index is 0.0272. The SMILES string of the molecule is COC(=O)C(=O)CCCCC(=O)NCCS(=O)(=O)NNc1ccc([N+](=O)[O-])cn1. The van der Waals surface area contributed by atoms with E-state index in [4.69, 9.17) is 0 Å². The Morgan fingerprint density at radius 3 is 2.48 bits per heavy atom. The summed E-state index contributed by atoms with van der Waals surface area (Å²) >= 11 is 0. The number of Topliss-reactive ketones (excluding diaryl/α,β-unsaturated/α-hetero) is 1. The molecule has 1 amide bonds. The first kappa shape index (κ1) is 23.9. The molecule has 13 nitrogen and oxygen atoms in total. The average Bonchev–Trinajstić information content (AvgIpc) is 2.69. The molecule has 0 saturated carbocycles. The van der Waals surface area contributed by atoms with E-state index in [1.807, 2.05) is 4.83 Å². The number of hydrogen-bond donors (Lipinski definition) is 3. The van der Waals surface area contributed by atoms with Gasteiger partial charge in [0, 0.05) is 25.5 Å². The maximum absolute atomic E-state index is 11.8. The third-order valence-corrected chi connectivity index (χ3v) is 4.61. The van der Waals surface area contributed by atoms with Gasteiger partial charge in [-0.05, 0) is 18.9 Å². The van der Waals surface area contributed by atoms with Gasteiger partial charge < -0.3 is 10.1 Å². The molecule has 0 saturated heterocycles. The number of ether oxygens (including phenoxy) is 1. The van der Waals surface area contributed by atoms with Crippen molar-refractivity contribution in [3.8, 4) is 0 Å². The molecule has 0 aromatic carbocycles.